The SMILES string of the molecule is [B]c1cc(OC)cc2[nH]cc(C#N)c12. The quantitative estimate of drug-likeness (QED) is 0.664. The first kappa shape index (κ1) is 8.70. The van der Waals surface area contributed by atoms with E-state index in [0.29, 0.717) is 16.8 Å². The first-order chi connectivity index (χ1) is 6.76. The van der Waals surface area contributed by atoms with Gasteiger partial charge in [0.15, 0.2) is 0 Å². The molecule has 0 aliphatic rings. The third-order valence-corrected chi connectivity index (χ3v) is 2.14. The van der Waals surface area contributed by atoms with Crippen molar-refractivity contribution < 1.29 is 4.74 Å². The average molecular weight is 182 g/mol. The molecule has 1 aromatic carbocycles. The highest BCUT2D eigenvalue weighted by Crippen LogP contribution is 2.20. The molecular formula is C10H7BN2O. The van der Waals surface area contributed by atoms with Crippen molar-refractivity contribution in [2.45, 2.75) is 0 Å². The molecule has 0 atom stereocenters. The van der Waals surface area contributed by atoms with Gasteiger partial charge in [-0.15, -0.1) is 0 Å². The van der Waals surface area contributed by atoms with E-state index in [2.05, 4.69) is 11.1 Å². The maximum Gasteiger partial charge on any atom is 0.120 e. The van der Waals surface area contributed by atoms with Crippen molar-refractivity contribution >= 4 is 24.2 Å². The van der Waals surface area contributed by atoms with Gasteiger partial charge < -0.3 is 9.72 Å². The molecule has 0 bridgehead atoms. The Morgan fingerprint density at radius 2 is 2.29 bits per heavy atom. The number of nitriles is 1. The summed E-state index contributed by atoms with van der Waals surface area (Å²) in [5.41, 5.74) is 1.93. The van der Waals surface area contributed by atoms with Gasteiger partial charge in [-0.1, -0.05) is 5.46 Å². The Labute approximate surface area is 82.7 Å². The van der Waals surface area contributed by atoms with Crippen LogP contribution in [0.2, 0.25) is 0 Å². The Kier molecular flexibility index (Phi) is 1.93. The van der Waals surface area contributed by atoms with Crippen LogP contribution >= 0.6 is 0 Å². The topological polar surface area (TPSA) is 48.8 Å². The zero-order chi connectivity index (χ0) is 10.1. The van der Waals surface area contributed by atoms with Crippen LogP contribution in [0.5, 0.6) is 5.75 Å². The largest absolute Gasteiger partial charge is 0.497 e. The summed E-state index contributed by atoms with van der Waals surface area (Å²) >= 11 is 0. The van der Waals surface area contributed by atoms with Gasteiger partial charge in [-0.2, -0.15) is 5.26 Å². The first-order valence-electron chi connectivity index (χ1n) is 4.11. The second-order valence-corrected chi connectivity index (χ2v) is 2.95. The molecule has 0 aliphatic heterocycles. The van der Waals surface area contributed by atoms with Gasteiger partial charge in [0, 0.05) is 23.2 Å². The zero-order valence-electron chi connectivity index (χ0n) is 7.66. The molecule has 1 N–H and O–H groups in total. The third kappa shape index (κ3) is 1.14. The molecule has 66 valence electrons. The molecule has 0 spiro atoms. The minimum Gasteiger partial charge on any atom is -0.497 e. The molecule has 1 heterocycles. The van der Waals surface area contributed by atoms with E-state index in [-0.39, 0.29) is 0 Å². The predicted molar refractivity (Wildman–Crippen MR) is 55.0 cm³/mol. The van der Waals surface area contributed by atoms with E-state index in [1.54, 1.807) is 19.4 Å². The molecule has 2 radical (unpaired) electrons. The number of fused-ring (bicyclic) bond motifs is 1. The lowest BCUT2D eigenvalue weighted by atomic mass is 9.90. The predicted octanol–water partition coefficient (Wildman–Crippen LogP) is 0.842. The molecule has 0 fully saturated rings. The van der Waals surface area contributed by atoms with E-state index < -0.39 is 0 Å². The highest BCUT2D eigenvalue weighted by Gasteiger charge is 2.06. The van der Waals surface area contributed by atoms with Crippen LogP contribution in [-0.4, -0.2) is 19.9 Å². The van der Waals surface area contributed by atoms with Gasteiger partial charge in [0.25, 0.3) is 0 Å². The molecule has 2 aromatic rings. The number of H-pyrrole nitrogens is 1. The van der Waals surface area contributed by atoms with Crippen LogP contribution < -0.4 is 10.2 Å². The fraction of sp³-hybridized carbons (Fsp3) is 0.100. The fourth-order valence-electron chi connectivity index (χ4n) is 1.48. The molecule has 4 heteroatoms. The lowest BCUT2D eigenvalue weighted by Crippen LogP contribution is -2.04. The average Bonchev–Trinajstić information content (AvgIpc) is 2.61. The minimum atomic E-state index is 0.553. The zero-order valence-corrected chi connectivity index (χ0v) is 7.66. The number of methoxy groups -OCH3 is 1. The van der Waals surface area contributed by atoms with E-state index in [1.165, 1.54) is 0 Å². The maximum atomic E-state index is 8.82. The Bertz CT molecular complexity index is 525. The lowest BCUT2D eigenvalue weighted by molar-refractivity contribution is 0.415. The number of rotatable bonds is 1. The molecule has 2 rings (SSSR count). The van der Waals surface area contributed by atoms with Crippen LogP contribution in [0, 0.1) is 11.3 Å². The number of hydrogen-bond donors (Lipinski definition) is 1. The Balaban J connectivity index is 2.80. The number of ether oxygens (including phenoxy) is 1. The number of nitrogens with one attached hydrogen (secondary N) is 1. The number of aromatic nitrogens is 1. The summed E-state index contributed by atoms with van der Waals surface area (Å²) < 4.78 is 5.06. The number of benzene rings is 1. The smallest absolute Gasteiger partial charge is 0.120 e. The van der Waals surface area contributed by atoms with Gasteiger partial charge in [-0.05, 0) is 6.07 Å². The van der Waals surface area contributed by atoms with Crippen molar-refractivity contribution in [1.29, 1.82) is 5.26 Å². The lowest BCUT2D eigenvalue weighted by Gasteiger charge is -2.02. The molecule has 0 aliphatic carbocycles. The summed E-state index contributed by atoms with van der Waals surface area (Å²) in [5.74, 6) is 0.682. The fourth-order valence-corrected chi connectivity index (χ4v) is 1.48. The summed E-state index contributed by atoms with van der Waals surface area (Å²) in [6.45, 7) is 0. The van der Waals surface area contributed by atoms with Gasteiger partial charge in [0.2, 0.25) is 0 Å². The van der Waals surface area contributed by atoms with Gasteiger partial charge in [-0.3, -0.25) is 0 Å². The van der Waals surface area contributed by atoms with Gasteiger partial charge >= 0.3 is 0 Å². The molecule has 0 unspecified atom stereocenters. The van der Waals surface area contributed by atoms with Crippen LogP contribution in [0.1, 0.15) is 5.56 Å². The van der Waals surface area contributed by atoms with E-state index in [1.807, 2.05) is 6.07 Å². The summed E-state index contributed by atoms with van der Waals surface area (Å²) in [5, 5.41) is 9.58. The van der Waals surface area contributed by atoms with Crippen molar-refractivity contribution in [1.82, 2.24) is 4.98 Å². The van der Waals surface area contributed by atoms with Crippen molar-refractivity contribution in [3.63, 3.8) is 0 Å². The van der Waals surface area contributed by atoms with Crippen molar-refractivity contribution in [3.05, 3.63) is 23.9 Å². The molecule has 3 nitrogen and oxygen atoms in total. The van der Waals surface area contributed by atoms with Gasteiger partial charge in [-0.25, -0.2) is 0 Å². The van der Waals surface area contributed by atoms with Crippen LogP contribution in [0.15, 0.2) is 18.3 Å². The molecule has 1 aromatic heterocycles. The molecule has 0 amide bonds. The molecule has 14 heavy (non-hydrogen) atoms. The second kappa shape index (κ2) is 3.11. The molecule has 0 saturated carbocycles. The maximum absolute atomic E-state index is 8.82. The standard InChI is InChI=1S/C10H7BN2O/c1-14-7-2-8(11)10-6(4-12)5-13-9(10)3-7/h2-3,5,13H,1H3. The van der Waals surface area contributed by atoms with Crippen LogP contribution in [-0.2, 0) is 0 Å². The van der Waals surface area contributed by atoms with E-state index in [4.69, 9.17) is 17.8 Å². The summed E-state index contributed by atoms with van der Waals surface area (Å²) in [6.07, 6.45) is 1.64. The number of aromatic amines is 1. The van der Waals surface area contributed by atoms with Crippen LogP contribution in [0.25, 0.3) is 10.9 Å². The minimum absolute atomic E-state index is 0.553. The molecular weight excluding hydrogens is 175 g/mol. The first-order valence-corrected chi connectivity index (χ1v) is 4.11. The van der Waals surface area contributed by atoms with E-state index >= 15 is 0 Å². The Morgan fingerprint density at radius 1 is 1.50 bits per heavy atom. The van der Waals surface area contributed by atoms with E-state index in [0.717, 1.165) is 10.9 Å². The summed E-state index contributed by atoms with van der Waals surface area (Å²) in [6, 6.07) is 5.59. The number of hydrogen-bond acceptors (Lipinski definition) is 2. The Morgan fingerprint density at radius 3 is 2.93 bits per heavy atom. The van der Waals surface area contributed by atoms with Gasteiger partial charge in [0.05, 0.1) is 12.7 Å². The van der Waals surface area contributed by atoms with E-state index in [9.17, 15) is 0 Å². The van der Waals surface area contributed by atoms with Crippen molar-refractivity contribution in [2.75, 3.05) is 7.11 Å². The second-order valence-electron chi connectivity index (χ2n) is 2.95. The summed E-state index contributed by atoms with van der Waals surface area (Å²) in [4.78, 5) is 2.97. The van der Waals surface area contributed by atoms with Crippen LogP contribution in [0.3, 0.4) is 0 Å². The highest BCUT2D eigenvalue weighted by atomic mass is 16.5. The van der Waals surface area contributed by atoms with Crippen molar-refractivity contribution in [3.8, 4) is 11.8 Å². The van der Waals surface area contributed by atoms with Gasteiger partial charge in [0.1, 0.15) is 19.7 Å². The highest BCUT2D eigenvalue weighted by molar-refractivity contribution is 6.39. The summed E-state index contributed by atoms with van der Waals surface area (Å²) in [7, 11) is 7.38. The third-order valence-electron chi connectivity index (χ3n) is 2.14. The van der Waals surface area contributed by atoms with Crippen LogP contribution in [0.4, 0.5) is 0 Å². The normalized spacial score (nSPS) is 10.0. The molecule has 0 saturated heterocycles. The monoisotopic (exact) mass is 182 g/mol. The Hall–Kier alpha value is -1.89. The number of nitrogens with zero attached hydrogens (tertiary/aromatic N) is 1. The van der Waals surface area contributed by atoms with Crippen molar-refractivity contribution in [2.24, 2.45) is 0 Å².